The number of carbonyl (C=O) groups is 2. The van der Waals surface area contributed by atoms with E-state index in [2.05, 4.69) is 5.32 Å². The summed E-state index contributed by atoms with van der Waals surface area (Å²) in [4.78, 5) is 22.5. The molecule has 1 amide bonds. The zero-order valence-electron chi connectivity index (χ0n) is 14.3. The van der Waals surface area contributed by atoms with E-state index in [1.54, 1.807) is 24.3 Å². The van der Waals surface area contributed by atoms with Crippen molar-refractivity contribution in [2.45, 2.75) is 19.8 Å². The molecule has 2 aromatic rings. The molecule has 0 aliphatic rings. The number of carbonyl (C=O) groups excluding carboxylic acids is 1. The third kappa shape index (κ3) is 6.08. The first-order chi connectivity index (χ1) is 12.5. The first-order valence-corrected chi connectivity index (χ1v) is 8.13. The predicted molar refractivity (Wildman–Crippen MR) is 94.1 cm³/mol. The van der Waals surface area contributed by atoms with Gasteiger partial charge < -0.3 is 19.9 Å². The highest BCUT2D eigenvalue weighted by atomic mass is 19.1. The molecule has 138 valence electrons. The van der Waals surface area contributed by atoms with Crippen LogP contribution in [0.2, 0.25) is 0 Å². The molecule has 0 spiro atoms. The minimum absolute atomic E-state index is 0.0529. The molecule has 0 aromatic heterocycles. The number of amides is 1. The number of halogens is 1. The average Bonchev–Trinajstić information content (AvgIpc) is 2.61. The molecular weight excluding hydrogens is 341 g/mol. The third-order valence-corrected chi connectivity index (χ3v) is 3.35. The maximum absolute atomic E-state index is 13.8. The zero-order valence-corrected chi connectivity index (χ0v) is 14.3. The van der Waals surface area contributed by atoms with Crippen LogP contribution in [0.15, 0.2) is 42.5 Å². The topological polar surface area (TPSA) is 84.9 Å². The van der Waals surface area contributed by atoms with E-state index in [1.165, 1.54) is 12.1 Å². The molecule has 0 radical (unpaired) electrons. The van der Waals surface area contributed by atoms with E-state index in [4.69, 9.17) is 14.6 Å². The number of hydrogen-bond acceptors (Lipinski definition) is 4. The van der Waals surface area contributed by atoms with Gasteiger partial charge in [-0.15, -0.1) is 0 Å². The predicted octanol–water partition coefficient (Wildman–Crippen LogP) is 3.26. The molecule has 26 heavy (non-hydrogen) atoms. The molecule has 0 bridgehead atoms. The third-order valence-electron chi connectivity index (χ3n) is 3.35. The molecule has 7 heteroatoms. The minimum Gasteiger partial charge on any atom is -0.494 e. The van der Waals surface area contributed by atoms with Crippen molar-refractivity contribution in [2.24, 2.45) is 0 Å². The lowest BCUT2D eigenvalue weighted by atomic mass is 10.1. The SMILES string of the molecule is CCCOc1ccc(OCC(=O)Nc2ccc(CC(=O)O)c(F)c2)cc1. The summed E-state index contributed by atoms with van der Waals surface area (Å²) in [6, 6.07) is 10.7. The Kier molecular flexibility index (Phi) is 6.96. The largest absolute Gasteiger partial charge is 0.494 e. The molecule has 0 heterocycles. The van der Waals surface area contributed by atoms with Gasteiger partial charge in [0, 0.05) is 5.69 Å². The van der Waals surface area contributed by atoms with Gasteiger partial charge >= 0.3 is 5.97 Å². The number of hydrogen-bond donors (Lipinski definition) is 2. The summed E-state index contributed by atoms with van der Waals surface area (Å²) in [5, 5.41) is 11.2. The normalized spacial score (nSPS) is 10.2. The first kappa shape index (κ1) is 19.2. The second-order valence-corrected chi connectivity index (χ2v) is 5.53. The Labute approximate surface area is 150 Å². The summed E-state index contributed by atoms with van der Waals surface area (Å²) < 4.78 is 24.6. The van der Waals surface area contributed by atoms with Crippen molar-refractivity contribution in [3.8, 4) is 11.5 Å². The highest BCUT2D eigenvalue weighted by molar-refractivity contribution is 5.91. The van der Waals surface area contributed by atoms with E-state index in [-0.39, 0.29) is 17.9 Å². The second-order valence-electron chi connectivity index (χ2n) is 5.53. The van der Waals surface area contributed by atoms with Crippen LogP contribution in [0.3, 0.4) is 0 Å². The van der Waals surface area contributed by atoms with Crippen molar-refractivity contribution in [2.75, 3.05) is 18.5 Å². The van der Waals surface area contributed by atoms with Crippen LogP contribution in [0.4, 0.5) is 10.1 Å². The lowest BCUT2D eigenvalue weighted by Crippen LogP contribution is -2.20. The van der Waals surface area contributed by atoms with E-state index in [9.17, 15) is 14.0 Å². The summed E-state index contributed by atoms with van der Waals surface area (Å²) >= 11 is 0. The van der Waals surface area contributed by atoms with Crippen LogP contribution in [-0.2, 0) is 16.0 Å². The Morgan fingerprint density at radius 3 is 2.31 bits per heavy atom. The molecule has 0 atom stereocenters. The Bertz CT molecular complexity index is 761. The number of carboxylic acid groups (broad SMARTS) is 1. The number of aliphatic carboxylic acids is 1. The number of nitrogens with one attached hydrogen (secondary N) is 1. The fourth-order valence-electron chi connectivity index (χ4n) is 2.13. The van der Waals surface area contributed by atoms with Crippen LogP contribution in [0.5, 0.6) is 11.5 Å². The Hall–Kier alpha value is -3.09. The van der Waals surface area contributed by atoms with Crippen LogP contribution in [0.25, 0.3) is 0 Å². The van der Waals surface area contributed by atoms with Crippen molar-refractivity contribution >= 4 is 17.6 Å². The van der Waals surface area contributed by atoms with E-state index in [0.29, 0.717) is 12.4 Å². The van der Waals surface area contributed by atoms with Gasteiger partial charge in [-0.2, -0.15) is 0 Å². The van der Waals surface area contributed by atoms with Crippen molar-refractivity contribution in [1.82, 2.24) is 0 Å². The highest BCUT2D eigenvalue weighted by Crippen LogP contribution is 2.18. The van der Waals surface area contributed by atoms with Crippen LogP contribution in [0, 0.1) is 5.82 Å². The molecule has 6 nitrogen and oxygen atoms in total. The van der Waals surface area contributed by atoms with Crippen molar-refractivity contribution in [1.29, 1.82) is 0 Å². The maximum atomic E-state index is 13.8. The smallest absolute Gasteiger partial charge is 0.307 e. The molecule has 0 saturated heterocycles. The first-order valence-electron chi connectivity index (χ1n) is 8.13. The Morgan fingerprint density at radius 1 is 1.08 bits per heavy atom. The summed E-state index contributed by atoms with van der Waals surface area (Å²) in [6.45, 7) is 2.40. The van der Waals surface area contributed by atoms with Crippen molar-refractivity contribution in [3.05, 3.63) is 53.8 Å². The van der Waals surface area contributed by atoms with Gasteiger partial charge in [-0.25, -0.2) is 4.39 Å². The summed E-state index contributed by atoms with van der Waals surface area (Å²) in [6.07, 6.45) is 0.497. The monoisotopic (exact) mass is 361 g/mol. The average molecular weight is 361 g/mol. The minimum atomic E-state index is -1.12. The summed E-state index contributed by atoms with van der Waals surface area (Å²) in [5.41, 5.74) is 0.283. The lowest BCUT2D eigenvalue weighted by molar-refractivity contribution is -0.136. The fourth-order valence-corrected chi connectivity index (χ4v) is 2.13. The quantitative estimate of drug-likeness (QED) is 0.716. The van der Waals surface area contributed by atoms with E-state index < -0.39 is 24.1 Å². The molecule has 0 aliphatic carbocycles. The second kappa shape index (κ2) is 9.41. The molecule has 2 aromatic carbocycles. The zero-order chi connectivity index (χ0) is 18.9. The molecule has 2 N–H and O–H groups in total. The molecule has 2 rings (SSSR count). The van der Waals surface area contributed by atoms with Crippen LogP contribution in [0.1, 0.15) is 18.9 Å². The van der Waals surface area contributed by atoms with E-state index in [1.807, 2.05) is 6.92 Å². The van der Waals surface area contributed by atoms with Gasteiger partial charge in [-0.1, -0.05) is 13.0 Å². The van der Waals surface area contributed by atoms with E-state index in [0.717, 1.165) is 18.2 Å². The van der Waals surface area contributed by atoms with Gasteiger partial charge in [0.2, 0.25) is 0 Å². The van der Waals surface area contributed by atoms with Crippen LogP contribution >= 0.6 is 0 Å². The number of carboxylic acids is 1. The summed E-state index contributed by atoms with van der Waals surface area (Å²) in [5.74, 6) is -1.04. The number of anilines is 1. The van der Waals surface area contributed by atoms with Gasteiger partial charge in [0.1, 0.15) is 17.3 Å². The van der Waals surface area contributed by atoms with Crippen LogP contribution in [-0.4, -0.2) is 30.2 Å². The number of ether oxygens (including phenoxy) is 2. The van der Waals surface area contributed by atoms with Gasteiger partial charge in [0.25, 0.3) is 5.91 Å². The molecule has 0 saturated carbocycles. The lowest BCUT2D eigenvalue weighted by Gasteiger charge is -2.09. The standard InChI is InChI=1S/C19H20FNO5/c1-2-9-25-15-5-7-16(8-6-15)26-12-18(22)21-14-4-3-13(10-19(23)24)17(20)11-14/h3-8,11H,2,9-10,12H2,1H3,(H,21,22)(H,23,24). The van der Waals surface area contributed by atoms with Crippen molar-refractivity contribution in [3.63, 3.8) is 0 Å². The number of benzene rings is 2. The summed E-state index contributed by atoms with van der Waals surface area (Å²) in [7, 11) is 0. The molecular formula is C19H20FNO5. The number of rotatable bonds is 9. The van der Waals surface area contributed by atoms with Gasteiger partial charge in [-0.3, -0.25) is 9.59 Å². The Morgan fingerprint density at radius 2 is 1.73 bits per heavy atom. The maximum Gasteiger partial charge on any atom is 0.307 e. The Balaban J connectivity index is 1.85. The van der Waals surface area contributed by atoms with E-state index >= 15 is 0 Å². The highest BCUT2D eigenvalue weighted by Gasteiger charge is 2.10. The van der Waals surface area contributed by atoms with Crippen molar-refractivity contribution < 1.29 is 28.6 Å². The molecule has 0 fully saturated rings. The van der Waals surface area contributed by atoms with Crippen LogP contribution < -0.4 is 14.8 Å². The fraction of sp³-hybridized carbons (Fsp3) is 0.263. The van der Waals surface area contributed by atoms with Gasteiger partial charge in [0.05, 0.1) is 13.0 Å². The molecule has 0 aliphatic heterocycles. The van der Waals surface area contributed by atoms with Gasteiger partial charge in [0.15, 0.2) is 6.61 Å². The molecule has 0 unspecified atom stereocenters. The van der Waals surface area contributed by atoms with Gasteiger partial charge in [-0.05, 0) is 48.4 Å².